The van der Waals surface area contributed by atoms with Gasteiger partial charge in [0, 0.05) is 12.1 Å². The van der Waals surface area contributed by atoms with E-state index in [9.17, 15) is 0 Å². The van der Waals surface area contributed by atoms with Crippen LogP contribution in [-0.4, -0.2) is 12.1 Å². The summed E-state index contributed by atoms with van der Waals surface area (Å²) in [7, 11) is 0. The molecule has 0 aromatic carbocycles. The highest BCUT2D eigenvalue weighted by Crippen LogP contribution is 2.37. The predicted octanol–water partition coefficient (Wildman–Crippen LogP) is 5.01. The maximum atomic E-state index is 3.85. The molecule has 1 atom stereocenters. The van der Waals surface area contributed by atoms with E-state index in [0.717, 1.165) is 17.9 Å². The maximum Gasteiger partial charge on any atom is 0.00697 e. The SMILES string of the molecule is CC(C)CCC(C)NC1CCC(C(C)(C)C)CC1. The molecule has 0 aliphatic heterocycles. The number of nitrogens with one attached hydrogen (secondary N) is 1. The Morgan fingerprint density at radius 2 is 1.50 bits per heavy atom. The Labute approximate surface area is 115 Å². The minimum atomic E-state index is 0.508. The molecule has 1 aliphatic rings. The zero-order chi connectivity index (χ0) is 13.8. The van der Waals surface area contributed by atoms with E-state index in [1.807, 2.05) is 0 Å². The molecule has 1 aliphatic carbocycles. The van der Waals surface area contributed by atoms with Crippen molar-refractivity contribution in [2.75, 3.05) is 0 Å². The summed E-state index contributed by atoms with van der Waals surface area (Å²) in [6.07, 6.45) is 8.28. The largest absolute Gasteiger partial charge is 0.312 e. The fraction of sp³-hybridized carbons (Fsp3) is 1.00. The molecule has 18 heavy (non-hydrogen) atoms. The van der Waals surface area contributed by atoms with Gasteiger partial charge in [-0.15, -0.1) is 0 Å². The van der Waals surface area contributed by atoms with Crippen molar-refractivity contribution in [1.82, 2.24) is 5.32 Å². The van der Waals surface area contributed by atoms with Crippen molar-refractivity contribution in [2.45, 2.75) is 92.2 Å². The van der Waals surface area contributed by atoms with Crippen LogP contribution in [-0.2, 0) is 0 Å². The van der Waals surface area contributed by atoms with Gasteiger partial charge in [-0.25, -0.2) is 0 Å². The Bertz CT molecular complexity index is 218. The lowest BCUT2D eigenvalue weighted by Gasteiger charge is -2.38. The smallest absolute Gasteiger partial charge is 0.00697 e. The van der Waals surface area contributed by atoms with Crippen LogP contribution in [0.2, 0.25) is 0 Å². The highest BCUT2D eigenvalue weighted by Gasteiger charge is 2.29. The van der Waals surface area contributed by atoms with E-state index in [4.69, 9.17) is 0 Å². The zero-order valence-electron chi connectivity index (χ0n) is 13.6. The molecule has 1 heteroatoms. The fourth-order valence-corrected chi connectivity index (χ4v) is 3.20. The van der Waals surface area contributed by atoms with Gasteiger partial charge in [0.25, 0.3) is 0 Å². The summed E-state index contributed by atoms with van der Waals surface area (Å²) in [5, 5.41) is 3.85. The summed E-state index contributed by atoms with van der Waals surface area (Å²) in [5.74, 6) is 1.77. The van der Waals surface area contributed by atoms with Gasteiger partial charge in [0.2, 0.25) is 0 Å². The molecule has 1 rings (SSSR count). The third-order valence-corrected chi connectivity index (χ3v) is 4.65. The Morgan fingerprint density at radius 3 is 1.94 bits per heavy atom. The van der Waals surface area contributed by atoms with E-state index in [-0.39, 0.29) is 0 Å². The first kappa shape index (κ1) is 16.0. The van der Waals surface area contributed by atoms with Crippen LogP contribution in [0.5, 0.6) is 0 Å². The second kappa shape index (κ2) is 6.93. The molecular weight excluding hydrogens is 218 g/mol. The minimum absolute atomic E-state index is 0.508. The standard InChI is InChI=1S/C17H35N/c1-13(2)7-8-14(3)18-16-11-9-15(10-12-16)17(4,5)6/h13-16,18H,7-12H2,1-6H3. The van der Waals surface area contributed by atoms with Crippen molar-refractivity contribution in [2.24, 2.45) is 17.3 Å². The van der Waals surface area contributed by atoms with Crippen molar-refractivity contribution in [3.05, 3.63) is 0 Å². The van der Waals surface area contributed by atoms with Gasteiger partial charge in [-0.3, -0.25) is 0 Å². The summed E-state index contributed by atoms with van der Waals surface area (Å²) in [6.45, 7) is 14.2. The second-order valence-corrected chi connectivity index (χ2v) is 7.95. The molecule has 0 aromatic rings. The van der Waals surface area contributed by atoms with Gasteiger partial charge in [-0.1, -0.05) is 34.6 Å². The highest BCUT2D eigenvalue weighted by atomic mass is 14.9. The second-order valence-electron chi connectivity index (χ2n) is 7.95. The molecule has 1 nitrogen and oxygen atoms in total. The van der Waals surface area contributed by atoms with Crippen LogP contribution in [0.25, 0.3) is 0 Å². The molecule has 0 amide bonds. The molecule has 0 aromatic heterocycles. The summed E-state index contributed by atoms with van der Waals surface area (Å²) in [6, 6.07) is 1.48. The highest BCUT2D eigenvalue weighted by molar-refractivity contribution is 4.84. The van der Waals surface area contributed by atoms with Crippen LogP contribution in [0.4, 0.5) is 0 Å². The summed E-state index contributed by atoms with van der Waals surface area (Å²) in [4.78, 5) is 0. The first-order chi connectivity index (χ1) is 8.29. The molecule has 0 radical (unpaired) electrons. The average Bonchev–Trinajstić information content (AvgIpc) is 2.26. The van der Waals surface area contributed by atoms with E-state index < -0.39 is 0 Å². The van der Waals surface area contributed by atoms with Gasteiger partial charge in [0.1, 0.15) is 0 Å². The molecule has 0 saturated heterocycles. The van der Waals surface area contributed by atoms with Gasteiger partial charge in [0.05, 0.1) is 0 Å². The quantitative estimate of drug-likeness (QED) is 0.726. The number of hydrogen-bond acceptors (Lipinski definition) is 1. The van der Waals surface area contributed by atoms with E-state index in [0.29, 0.717) is 11.5 Å². The van der Waals surface area contributed by atoms with E-state index in [1.54, 1.807) is 0 Å². The third-order valence-electron chi connectivity index (χ3n) is 4.65. The summed E-state index contributed by atoms with van der Waals surface area (Å²) >= 11 is 0. The van der Waals surface area contributed by atoms with Crippen molar-refractivity contribution in [3.8, 4) is 0 Å². The predicted molar refractivity (Wildman–Crippen MR) is 81.9 cm³/mol. The van der Waals surface area contributed by atoms with Crippen LogP contribution in [0.15, 0.2) is 0 Å². The van der Waals surface area contributed by atoms with Crippen LogP contribution in [0.3, 0.4) is 0 Å². The average molecular weight is 253 g/mol. The minimum Gasteiger partial charge on any atom is -0.312 e. The molecule has 0 bridgehead atoms. The van der Waals surface area contributed by atoms with Gasteiger partial charge in [-0.05, 0) is 62.7 Å². The summed E-state index contributed by atoms with van der Waals surface area (Å²) < 4.78 is 0. The Hall–Kier alpha value is -0.0400. The first-order valence-electron chi connectivity index (χ1n) is 8.05. The van der Waals surface area contributed by atoms with Gasteiger partial charge in [-0.2, -0.15) is 0 Å². The van der Waals surface area contributed by atoms with Crippen LogP contribution < -0.4 is 5.32 Å². The lowest BCUT2D eigenvalue weighted by atomic mass is 9.71. The fourth-order valence-electron chi connectivity index (χ4n) is 3.20. The van der Waals surface area contributed by atoms with Crippen LogP contribution in [0.1, 0.15) is 80.1 Å². The van der Waals surface area contributed by atoms with Crippen molar-refractivity contribution in [3.63, 3.8) is 0 Å². The van der Waals surface area contributed by atoms with Gasteiger partial charge in [0.15, 0.2) is 0 Å². The molecule has 1 fully saturated rings. The molecule has 1 N–H and O–H groups in total. The number of rotatable bonds is 5. The van der Waals surface area contributed by atoms with E-state index >= 15 is 0 Å². The first-order valence-corrected chi connectivity index (χ1v) is 8.05. The maximum absolute atomic E-state index is 3.85. The Morgan fingerprint density at radius 1 is 0.944 bits per heavy atom. The lowest BCUT2D eigenvalue weighted by molar-refractivity contribution is 0.156. The van der Waals surface area contributed by atoms with Crippen molar-refractivity contribution < 1.29 is 0 Å². The number of hydrogen-bond donors (Lipinski definition) is 1. The molecule has 108 valence electrons. The van der Waals surface area contributed by atoms with Crippen molar-refractivity contribution in [1.29, 1.82) is 0 Å². The van der Waals surface area contributed by atoms with Crippen molar-refractivity contribution >= 4 is 0 Å². The topological polar surface area (TPSA) is 12.0 Å². The normalized spacial score (nSPS) is 27.5. The molecular formula is C17H35N. The van der Waals surface area contributed by atoms with E-state index in [2.05, 4.69) is 46.9 Å². The zero-order valence-corrected chi connectivity index (χ0v) is 13.6. The lowest BCUT2D eigenvalue weighted by Crippen LogP contribution is -2.40. The van der Waals surface area contributed by atoms with E-state index in [1.165, 1.54) is 38.5 Å². The van der Waals surface area contributed by atoms with Gasteiger partial charge >= 0.3 is 0 Å². The van der Waals surface area contributed by atoms with Crippen LogP contribution in [0, 0.1) is 17.3 Å². The van der Waals surface area contributed by atoms with Gasteiger partial charge < -0.3 is 5.32 Å². The monoisotopic (exact) mass is 253 g/mol. The molecule has 0 spiro atoms. The van der Waals surface area contributed by atoms with Crippen LogP contribution >= 0.6 is 0 Å². The molecule has 1 saturated carbocycles. The molecule has 1 unspecified atom stereocenters. The Kier molecular flexibility index (Phi) is 6.17. The third kappa shape index (κ3) is 5.73. The molecule has 0 heterocycles. The Balaban J connectivity index is 2.23. The summed E-state index contributed by atoms with van der Waals surface area (Å²) in [5.41, 5.74) is 0.508.